The van der Waals surface area contributed by atoms with E-state index in [1.807, 2.05) is 0 Å². The molecule has 1 aromatic rings. The fourth-order valence-electron chi connectivity index (χ4n) is 1.45. The highest BCUT2D eigenvalue weighted by molar-refractivity contribution is 9.10. The Hall–Kier alpha value is -1.96. The second kappa shape index (κ2) is 6.47. The topological polar surface area (TPSA) is 83.8 Å². The van der Waals surface area contributed by atoms with Gasteiger partial charge in [0, 0.05) is 27.2 Å². The lowest BCUT2D eigenvalue weighted by molar-refractivity contribution is -0.385. The van der Waals surface area contributed by atoms with E-state index in [-0.39, 0.29) is 28.2 Å². The number of nitro groups is 1. The van der Waals surface area contributed by atoms with Crippen LogP contribution >= 0.6 is 15.9 Å². The zero-order valence-corrected chi connectivity index (χ0v) is 12.9. The number of hydrogen-bond donors (Lipinski definition) is 0. The van der Waals surface area contributed by atoms with Crippen LogP contribution in [0.2, 0.25) is 0 Å². The molecule has 108 valence electrons. The summed E-state index contributed by atoms with van der Waals surface area (Å²) in [5, 5.41) is 10.8. The molecule has 7 nitrogen and oxygen atoms in total. The van der Waals surface area contributed by atoms with Crippen LogP contribution in [0.1, 0.15) is 10.4 Å². The Morgan fingerprint density at radius 2 is 1.90 bits per heavy atom. The van der Waals surface area contributed by atoms with Gasteiger partial charge >= 0.3 is 0 Å². The monoisotopic (exact) mass is 343 g/mol. The van der Waals surface area contributed by atoms with Crippen LogP contribution in [0.15, 0.2) is 22.7 Å². The maximum Gasteiger partial charge on any atom is 0.284 e. The van der Waals surface area contributed by atoms with Gasteiger partial charge in [0.25, 0.3) is 11.6 Å². The van der Waals surface area contributed by atoms with E-state index in [2.05, 4.69) is 15.9 Å². The first kappa shape index (κ1) is 16.1. The molecule has 20 heavy (non-hydrogen) atoms. The van der Waals surface area contributed by atoms with Gasteiger partial charge in [-0.25, -0.2) is 0 Å². The van der Waals surface area contributed by atoms with Gasteiger partial charge in [-0.05, 0) is 22.0 Å². The molecule has 0 aliphatic carbocycles. The van der Waals surface area contributed by atoms with Crippen molar-refractivity contribution in [2.45, 2.75) is 0 Å². The van der Waals surface area contributed by atoms with E-state index in [0.29, 0.717) is 0 Å². The first-order valence-corrected chi connectivity index (χ1v) is 6.43. The predicted molar refractivity (Wildman–Crippen MR) is 76.5 cm³/mol. The Kier molecular flexibility index (Phi) is 5.20. The second-order valence-electron chi connectivity index (χ2n) is 4.35. The molecule has 0 unspecified atom stereocenters. The summed E-state index contributed by atoms with van der Waals surface area (Å²) >= 11 is 3.06. The third-order valence-corrected chi connectivity index (χ3v) is 3.46. The average molecular weight is 344 g/mol. The zero-order valence-electron chi connectivity index (χ0n) is 11.3. The number of amides is 2. The number of rotatable bonds is 4. The summed E-state index contributed by atoms with van der Waals surface area (Å²) in [7, 11) is 4.64. The number of carbonyl (C=O) groups is 2. The number of benzene rings is 1. The van der Waals surface area contributed by atoms with Gasteiger partial charge in [0.05, 0.1) is 17.0 Å². The highest BCUT2D eigenvalue weighted by atomic mass is 79.9. The van der Waals surface area contributed by atoms with Crippen molar-refractivity contribution in [3.63, 3.8) is 0 Å². The van der Waals surface area contributed by atoms with Gasteiger partial charge in [-0.1, -0.05) is 6.07 Å². The van der Waals surface area contributed by atoms with E-state index < -0.39 is 10.8 Å². The molecule has 0 bridgehead atoms. The van der Waals surface area contributed by atoms with Crippen molar-refractivity contribution in [2.24, 2.45) is 0 Å². The molecule has 0 saturated heterocycles. The van der Waals surface area contributed by atoms with Gasteiger partial charge in [0.15, 0.2) is 0 Å². The molecular formula is C12H14BrN3O4. The molecule has 0 saturated carbocycles. The molecule has 0 aliphatic heterocycles. The van der Waals surface area contributed by atoms with E-state index in [1.165, 1.54) is 35.0 Å². The molecule has 0 N–H and O–H groups in total. The molecule has 0 spiro atoms. The second-order valence-corrected chi connectivity index (χ2v) is 5.14. The summed E-state index contributed by atoms with van der Waals surface area (Å²) in [5.41, 5.74) is -0.0450. The lowest BCUT2D eigenvalue weighted by Gasteiger charge is -2.19. The van der Waals surface area contributed by atoms with Crippen molar-refractivity contribution >= 4 is 33.4 Å². The number of nitro benzene ring substituents is 1. The Balaban J connectivity index is 3.01. The molecule has 0 radical (unpaired) electrons. The molecule has 1 aromatic carbocycles. The van der Waals surface area contributed by atoms with Crippen LogP contribution < -0.4 is 0 Å². The molecule has 1 rings (SSSR count). The maximum absolute atomic E-state index is 12.2. The first-order chi connectivity index (χ1) is 9.25. The van der Waals surface area contributed by atoms with E-state index in [4.69, 9.17) is 0 Å². The van der Waals surface area contributed by atoms with Gasteiger partial charge < -0.3 is 9.80 Å². The molecule has 0 fully saturated rings. The fourth-order valence-corrected chi connectivity index (χ4v) is 2.03. The van der Waals surface area contributed by atoms with E-state index >= 15 is 0 Å². The minimum atomic E-state index is -0.578. The molecule has 8 heteroatoms. The SMILES string of the molecule is CN(C)C(=O)CN(C)C(=O)c1cccc([N+](=O)[O-])c1Br. The molecule has 0 heterocycles. The van der Waals surface area contributed by atoms with Crippen molar-refractivity contribution in [3.05, 3.63) is 38.3 Å². The zero-order chi connectivity index (χ0) is 15.4. The number of hydrogen-bond acceptors (Lipinski definition) is 4. The lowest BCUT2D eigenvalue weighted by atomic mass is 10.2. The summed E-state index contributed by atoms with van der Waals surface area (Å²) in [6.07, 6.45) is 0. The van der Waals surface area contributed by atoms with Crippen LogP contribution in [0.5, 0.6) is 0 Å². The minimum absolute atomic E-state index is 0.0963. The lowest BCUT2D eigenvalue weighted by Crippen LogP contribution is -2.37. The molecule has 0 atom stereocenters. The van der Waals surface area contributed by atoms with Gasteiger partial charge in [-0.3, -0.25) is 19.7 Å². The first-order valence-electron chi connectivity index (χ1n) is 5.64. The van der Waals surface area contributed by atoms with E-state index in [1.54, 1.807) is 14.1 Å². The van der Waals surface area contributed by atoms with E-state index in [9.17, 15) is 19.7 Å². The number of halogens is 1. The number of nitrogens with zero attached hydrogens (tertiary/aromatic N) is 3. The predicted octanol–water partition coefficient (Wildman–Crippen LogP) is 1.52. The average Bonchev–Trinajstić information content (AvgIpc) is 2.37. The number of likely N-dealkylation sites (N-methyl/N-ethyl adjacent to an activating group) is 2. The Morgan fingerprint density at radius 1 is 1.30 bits per heavy atom. The summed E-state index contributed by atoms with van der Waals surface area (Å²) in [6.45, 7) is -0.0963. The minimum Gasteiger partial charge on any atom is -0.347 e. The van der Waals surface area contributed by atoms with Crippen LogP contribution in [0.25, 0.3) is 0 Å². The fraction of sp³-hybridized carbons (Fsp3) is 0.333. The van der Waals surface area contributed by atoms with E-state index in [0.717, 1.165) is 0 Å². The quantitative estimate of drug-likeness (QED) is 0.612. The van der Waals surface area contributed by atoms with Gasteiger partial charge in [-0.15, -0.1) is 0 Å². The van der Waals surface area contributed by atoms with Crippen LogP contribution in [-0.2, 0) is 4.79 Å². The van der Waals surface area contributed by atoms with Crippen molar-refractivity contribution in [2.75, 3.05) is 27.7 Å². The van der Waals surface area contributed by atoms with Gasteiger partial charge in [0.1, 0.15) is 4.47 Å². The summed E-state index contributed by atoms with van der Waals surface area (Å²) < 4.78 is 0.110. The van der Waals surface area contributed by atoms with Crippen LogP contribution in [-0.4, -0.2) is 54.2 Å². The summed E-state index contributed by atoms with van der Waals surface area (Å²) in [5.74, 6) is -0.696. The largest absolute Gasteiger partial charge is 0.347 e. The highest BCUT2D eigenvalue weighted by Crippen LogP contribution is 2.28. The highest BCUT2D eigenvalue weighted by Gasteiger charge is 2.23. The van der Waals surface area contributed by atoms with Crippen LogP contribution in [0.4, 0.5) is 5.69 Å². The number of carbonyl (C=O) groups excluding carboxylic acids is 2. The standard InChI is InChI=1S/C12H14BrN3O4/c1-14(2)10(17)7-15(3)12(18)8-5-4-6-9(11(8)13)16(19)20/h4-6H,7H2,1-3H3. The van der Waals surface area contributed by atoms with Crippen molar-refractivity contribution in [1.29, 1.82) is 0 Å². The molecule has 2 amide bonds. The smallest absolute Gasteiger partial charge is 0.284 e. The maximum atomic E-state index is 12.2. The van der Waals surface area contributed by atoms with Crippen LogP contribution in [0.3, 0.4) is 0 Å². The molecule has 0 aromatic heterocycles. The van der Waals surface area contributed by atoms with Gasteiger partial charge in [-0.2, -0.15) is 0 Å². The Morgan fingerprint density at radius 3 is 2.40 bits per heavy atom. The Bertz CT molecular complexity index is 560. The van der Waals surface area contributed by atoms with Crippen molar-refractivity contribution in [3.8, 4) is 0 Å². The summed E-state index contributed by atoms with van der Waals surface area (Å²) in [6, 6.07) is 4.19. The molecular weight excluding hydrogens is 330 g/mol. The Labute approximate surface area is 124 Å². The molecule has 0 aliphatic rings. The van der Waals surface area contributed by atoms with Crippen molar-refractivity contribution < 1.29 is 14.5 Å². The van der Waals surface area contributed by atoms with Gasteiger partial charge in [0.2, 0.25) is 5.91 Å². The van der Waals surface area contributed by atoms with Crippen molar-refractivity contribution in [1.82, 2.24) is 9.80 Å². The van der Waals surface area contributed by atoms with Crippen LogP contribution in [0, 0.1) is 10.1 Å². The third kappa shape index (κ3) is 3.53. The third-order valence-electron chi connectivity index (χ3n) is 2.62. The summed E-state index contributed by atoms with van der Waals surface area (Å²) in [4.78, 5) is 36.6. The normalized spacial score (nSPS) is 10.0.